The first kappa shape index (κ1) is 22.8. The predicted molar refractivity (Wildman–Crippen MR) is 112 cm³/mol. The maximum atomic E-state index is 12.9. The summed E-state index contributed by atoms with van der Waals surface area (Å²) >= 11 is 7.39. The number of carbonyl (C=O) groups is 1. The molecule has 0 radical (unpaired) electrons. The molecule has 1 amide bonds. The molecule has 1 saturated heterocycles. The molecular weight excluding hydrogens is 437 g/mol. The van der Waals surface area contributed by atoms with Gasteiger partial charge >= 0.3 is 6.18 Å². The number of nitrogens with zero attached hydrogens (tertiary/aromatic N) is 4. The van der Waals surface area contributed by atoms with Gasteiger partial charge in [-0.05, 0) is 30.2 Å². The molecule has 0 saturated carbocycles. The summed E-state index contributed by atoms with van der Waals surface area (Å²) in [6.07, 6.45) is -4.14. The van der Waals surface area contributed by atoms with E-state index in [2.05, 4.69) is 35.0 Å². The zero-order valence-corrected chi connectivity index (χ0v) is 18.7. The second kappa shape index (κ2) is 8.70. The van der Waals surface area contributed by atoms with Gasteiger partial charge in [0.15, 0.2) is 0 Å². The van der Waals surface area contributed by atoms with Crippen molar-refractivity contribution in [1.29, 1.82) is 0 Å². The Kier molecular flexibility index (Phi) is 6.62. The van der Waals surface area contributed by atoms with E-state index in [1.54, 1.807) is 4.90 Å². The number of hydrogen-bond acceptors (Lipinski definition) is 5. The molecule has 2 heterocycles. The quantitative estimate of drug-likeness (QED) is 0.658. The van der Waals surface area contributed by atoms with Crippen LogP contribution in [0.1, 0.15) is 44.1 Å². The molecule has 30 heavy (non-hydrogen) atoms. The van der Waals surface area contributed by atoms with Crippen molar-refractivity contribution in [3.8, 4) is 0 Å². The molecule has 2 aromatic rings. The van der Waals surface area contributed by atoms with Crippen LogP contribution in [0.15, 0.2) is 18.2 Å². The number of aryl methyl sites for hydroxylation is 1. The van der Waals surface area contributed by atoms with Crippen LogP contribution in [-0.4, -0.2) is 46.3 Å². The van der Waals surface area contributed by atoms with Crippen LogP contribution >= 0.6 is 23.1 Å². The summed E-state index contributed by atoms with van der Waals surface area (Å²) in [7, 11) is 0. The Balaban J connectivity index is 1.54. The summed E-state index contributed by atoms with van der Waals surface area (Å²) in [6.45, 7) is 8.56. The minimum Gasteiger partial charge on any atom is -0.343 e. The number of hydrogen-bond donors (Lipinski definition) is 0. The van der Waals surface area contributed by atoms with E-state index in [1.165, 1.54) is 17.6 Å². The highest BCUT2D eigenvalue weighted by molar-refractivity contribution is 7.09. The lowest BCUT2D eigenvalue weighted by Crippen LogP contribution is -2.48. The molecule has 0 unspecified atom stereocenters. The summed E-state index contributed by atoms with van der Waals surface area (Å²) in [5.41, 5.74) is -0.534. The van der Waals surface area contributed by atoms with E-state index in [1.807, 2.05) is 0 Å². The van der Waals surface area contributed by atoms with E-state index in [-0.39, 0.29) is 29.2 Å². The lowest BCUT2D eigenvalue weighted by molar-refractivity contribution is -0.137. The standard InChI is InChI=1S/C20H24ClF3N4OS/c1-19(2,3)17-25-18(30-26-17)28-10-8-27(9-11-28)16(29)7-4-13-12-14(20(22,23)24)5-6-15(13)21/h5-6,12H,4,7-11H2,1-3H3. The molecule has 5 nitrogen and oxygen atoms in total. The lowest BCUT2D eigenvalue weighted by Gasteiger charge is -2.34. The smallest absolute Gasteiger partial charge is 0.343 e. The Hall–Kier alpha value is -1.87. The molecule has 0 aliphatic carbocycles. The van der Waals surface area contributed by atoms with Crippen LogP contribution in [0.4, 0.5) is 18.3 Å². The van der Waals surface area contributed by atoms with Crippen LogP contribution < -0.4 is 4.90 Å². The zero-order valence-electron chi connectivity index (χ0n) is 17.1. The van der Waals surface area contributed by atoms with Crippen molar-refractivity contribution in [3.05, 3.63) is 40.2 Å². The fourth-order valence-corrected chi connectivity index (χ4v) is 4.26. The van der Waals surface area contributed by atoms with Crippen LogP contribution in [0.2, 0.25) is 5.02 Å². The van der Waals surface area contributed by atoms with Gasteiger partial charge in [-0.2, -0.15) is 17.5 Å². The van der Waals surface area contributed by atoms with Gasteiger partial charge in [0, 0.05) is 54.6 Å². The minimum atomic E-state index is -4.43. The van der Waals surface area contributed by atoms with Crippen LogP contribution in [-0.2, 0) is 22.8 Å². The Morgan fingerprint density at radius 3 is 2.40 bits per heavy atom. The zero-order chi connectivity index (χ0) is 22.1. The molecule has 0 N–H and O–H groups in total. The first-order valence-electron chi connectivity index (χ1n) is 9.67. The Morgan fingerprint density at radius 2 is 1.83 bits per heavy atom. The van der Waals surface area contributed by atoms with E-state index < -0.39 is 11.7 Å². The van der Waals surface area contributed by atoms with Crippen molar-refractivity contribution in [2.24, 2.45) is 0 Å². The SMILES string of the molecule is CC(C)(C)c1nsc(N2CCN(C(=O)CCc3cc(C(F)(F)F)ccc3Cl)CC2)n1. The highest BCUT2D eigenvalue weighted by Gasteiger charge is 2.31. The average molecular weight is 461 g/mol. The van der Waals surface area contributed by atoms with Gasteiger partial charge in [0.1, 0.15) is 5.82 Å². The first-order valence-corrected chi connectivity index (χ1v) is 10.8. The molecule has 1 aliphatic rings. The van der Waals surface area contributed by atoms with Crippen molar-refractivity contribution < 1.29 is 18.0 Å². The summed E-state index contributed by atoms with van der Waals surface area (Å²) in [4.78, 5) is 21.0. The van der Waals surface area contributed by atoms with Gasteiger partial charge in [0.2, 0.25) is 11.0 Å². The number of amides is 1. The van der Waals surface area contributed by atoms with E-state index in [0.29, 0.717) is 31.7 Å². The minimum absolute atomic E-state index is 0.0872. The molecule has 0 bridgehead atoms. The fourth-order valence-electron chi connectivity index (χ4n) is 3.14. The first-order chi connectivity index (χ1) is 13.9. The number of aromatic nitrogens is 2. The lowest BCUT2D eigenvalue weighted by atomic mass is 9.96. The maximum Gasteiger partial charge on any atom is 0.416 e. The monoisotopic (exact) mass is 460 g/mol. The van der Waals surface area contributed by atoms with Crippen LogP contribution in [0.5, 0.6) is 0 Å². The van der Waals surface area contributed by atoms with Crippen molar-refractivity contribution in [2.45, 2.75) is 45.2 Å². The molecule has 1 aromatic heterocycles. The van der Waals surface area contributed by atoms with Crippen LogP contribution in [0, 0.1) is 0 Å². The summed E-state index contributed by atoms with van der Waals surface area (Å²) in [5.74, 6) is 0.717. The van der Waals surface area contributed by atoms with Crippen molar-refractivity contribution in [3.63, 3.8) is 0 Å². The van der Waals surface area contributed by atoms with E-state index in [0.717, 1.165) is 23.1 Å². The number of benzene rings is 1. The van der Waals surface area contributed by atoms with Crippen molar-refractivity contribution in [2.75, 3.05) is 31.1 Å². The third-order valence-corrected chi connectivity index (χ3v) is 6.12. The number of rotatable bonds is 4. The molecular formula is C20H24ClF3N4OS. The van der Waals surface area contributed by atoms with E-state index in [4.69, 9.17) is 11.6 Å². The highest BCUT2D eigenvalue weighted by Crippen LogP contribution is 2.32. The van der Waals surface area contributed by atoms with Gasteiger partial charge in [-0.3, -0.25) is 4.79 Å². The number of halogens is 4. The molecule has 10 heteroatoms. The van der Waals surface area contributed by atoms with Crippen LogP contribution in [0.25, 0.3) is 0 Å². The number of piperazine rings is 1. The van der Waals surface area contributed by atoms with Crippen molar-refractivity contribution in [1.82, 2.24) is 14.3 Å². The Labute approximate surface area is 183 Å². The summed E-state index contributed by atoms with van der Waals surface area (Å²) in [5, 5.41) is 1.09. The molecule has 0 spiro atoms. The molecule has 3 rings (SSSR count). The number of anilines is 1. The normalized spacial score (nSPS) is 15.6. The number of alkyl halides is 3. The van der Waals surface area contributed by atoms with Gasteiger partial charge in [0.25, 0.3) is 0 Å². The molecule has 1 aromatic carbocycles. The third kappa shape index (κ3) is 5.43. The Morgan fingerprint density at radius 1 is 1.17 bits per heavy atom. The predicted octanol–water partition coefficient (Wildman–Crippen LogP) is 4.79. The summed E-state index contributed by atoms with van der Waals surface area (Å²) < 4.78 is 43.1. The number of carbonyl (C=O) groups excluding carboxylic acids is 1. The van der Waals surface area contributed by atoms with Gasteiger partial charge in [0.05, 0.1) is 5.56 Å². The largest absolute Gasteiger partial charge is 0.416 e. The highest BCUT2D eigenvalue weighted by atomic mass is 35.5. The topological polar surface area (TPSA) is 49.3 Å². The van der Waals surface area contributed by atoms with Gasteiger partial charge in [-0.25, -0.2) is 4.98 Å². The van der Waals surface area contributed by atoms with Gasteiger partial charge in [-0.15, -0.1) is 0 Å². The second-order valence-electron chi connectivity index (χ2n) is 8.32. The van der Waals surface area contributed by atoms with E-state index >= 15 is 0 Å². The fraction of sp³-hybridized carbons (Fsp3) is 0.550. The molecule has 1 fully saturated rings. The second-order valence-corrected chi connectivity index (χ2v) is 9.46. The molecule has 0 atom stereocenters. The van der Waals surface area contributed by atoms with Gasteiger partial charge in [-0.1, -0.05) is 32.4 Å². The van der Waals surface area contributed by atoms with Gasteiger partial charge < -0.3 is 9.80 Å². The van der Waals surface area contributed by atoms with Crippen LogP contribution in [0.3, 0.4) is 0 Å². The van der Waals surface area contributed by atoms with Crippen molar-refractivity contribution >= 4 is 34.2 Å². The Bertz CT molecular complexity index is 902. The molecule has 1 aliphatic heterocycles. The average Bonchev–Trinajstić information content (AvgIpc) is 3.17. The summed E-state index contributed by atoms with van der Waals surface area (Å²) in [6, 6.07) is 3.21. The maximum absolute atomic E-state index is 12.9. The molecule has 164 valence electrons. The van der Waals surface area contributed by atoms with E-state index in [9.17, 15) is 18.0 Å². The third-order valence-electron chi connectivity index (χ3n) is 4.97.